The molecule has 1 heterocycles. The molecule has 2 aromatic rings. The van der Waals surface area contributed by atoms with Crippen molar-refractivity contribution in [2.75, 3.05) is 32.7 Å². The zero-order chi connectivity index (χ0) is 18.4. The van der Waals surface area contributed by atoms with Gasteiger partial charge in [-0.1, -0.05) is 58.4 Å². The first-order chi connectivity index (χ1) is 12.6. The number of benzene rings is 2. The Morgan fingerprint density at radius 3 is 2.27 bits per heavy atom. The number of quaternary nitrogens is 2. The smallest absolute Gasteiger partial charge is 0.275 e. The minimum atomic E-state index is 0.0417. The first-order valence-corrected chi connectivity index (χ1v) is 10.2. The summed E-state index contributed by atoms with van der Waals surface area (Å²) in [6.07, 6.45) is 0. The number of hydrogen-bond acceptors (Lipinski definition) is 1. The molecule has 5 heteroatoms. The summed E-state index contributed by atoms with van der Waals surface area (Å²) in [6.45, 7) is 8.06. The quantitative estimate of drug-likeness (QED) is 0.632. The van der Waals surface area contributed by atoms with Crippen molar-refractivity contribution in [3.63, 3.8) is 0 Å². The third-order valence-corrected chi connectivity index (χ3v) is 5.65. The first kappa shape index (κ1) is 19.1. The topological polar surface area (TPSA) is 38.0 Å². The summed E-state index contributed by atoms with van der Waals surface area (Å²) in [7, 11) is 0. The van der Waals surface area contributed by atoms with Gasteiger partial charge in [0.25, 0.3) is 5.91 Å². The molecule has 2 aromatic carbocycles. The Balaban J connectivity index is 1.41. The van der Waals surface area contributed by atoms with Gasteiger partial charge in [-0.15, -0.1) is 0 Å². The van der Waals surface area contributed by atoms with Gasteiger partial charge in [0, 0.05) is 10.0 Å². The lowest BCUT2D eigenvalue weighted by molar-refractivity contribution is -1.02. The predicted molar refractivity (Wildman–Crippen MR) is 107 cm³/mol. The number of carbonyl (C=O) groups excluding carboxylic acids is 1. The average molecular weight is 418 g/mol. The van der Waals surface area contributed by atoms with Crippen LogP contribution in [0.25, 0.3) is 0 Å². The fourth-order valence-corrected chi connectivity index (χ4v) is 3.81. The zero-order valence-electron chi connectivity index (χ0n) is 15.3. The fraction of sp³-hybridized carbons (Fsp3) is 0.381. The van der Waals surface area contributed by atoms with Crippen molar-refractivity contribution in [3.05, 3.63) is 70.2 Å². The van der Waals surface area contributed by atoms with Gasteiger partial charge >= 0.3 is 0 Å². The highest BCUT2D eigenvalue weighted by atomic mass is 79.9. The Bertz CT molecular complexity index is 697. The maximum atomic E-state index is 12.4. The Kier molecular flexibility index (Phi) is 6.83. The van der Waals surface area contributed by atoms with Crippen LogP contribution in [0.15, 0.2) is 59.1 Å². The van der Waals surface area contributed by atoms with E-state index < -0.39 is 0 Å². The Morgan fingerprint density at radius 1 is 1.00 bits per heavy atom. The molecule has 3 rings (SSSR count). The lowest BCUT2D eigenvalue weighted by Gasteiger charge is -2.29. The van der Waals surface area contributed by atoms with Crippen LogP contribution in [-0.2, 0) is 11.3 Å². The van der Waals surface area contributed by atoms with Gasteiger partial charge in [-0.05, 0) is 24.6 Å². The summed E-state index contributed by atoms with van der Waals surface area (Å²) in [5, 5.41) is 3.13. The lowest BCUT2D eigenvalue weighted by Crippen LogP contribution is -3.28. The summed E-state index contributed by atoms with van der Waals surface area (Å²) in [4.78, 5) is 15.4. The van der Waals surface area contributed by atoms with Gasteiger partial charge in [0.05, 0.1) is 6.04 Å². The highest BCUT2D eigenvalue weighted by Crippen LogP contribution is 2.16. The van der Waals surface area contributed by atoms with E-state index in [0.29, 0.717) is 6.54 Å². The Labute approximate surface area is 164 Å². The maximum Gasteiger partial charge on any atom is 0.275 e. The summed E-state index contributed by atoms with van der Waals surface area (Å²) in [5.74, 6) is 0.141. The molecule has 0 radical (unpaired) electrons. The monoisotopic (exact) mass is 417 g/mol. The number of carbonyl (C=O) groups is 1. The third kappa shape index (κ3) is 5.66. The fourth-order valence-electron chi connectivity index (χ4n) is 3.55. The van der Waals surface area contributed by atoms with E-state index >= 15 is 0 Å². The summed E-state index contributed by atoms with van der Waals surface area (Å²) in [5.41, 5.74) is 2.53. The molecule has 0 spiro atoms. The summed E-state index contributed by atoms with van der Waals surface area (Å²) < 4.78 is 1.06. The molecule has 0 aliphatic carbocycles. The van der Waals surface area contributed by atoms with Crippen LogP contribution in [0.5, 0.6) is 0 Å². The molecule has 3 N–H and O–H groups in total. The lowest BCUT2D eigenvalue weighted by atomic mass is 10.1. The van der Waals surface area contributed by atoms with Crippen LogP contribution >= 0.6 is 15.9 Å². The van der Waals surface area contributed by atoms with E-state index in [1.165, 1.54) is 10.5 Å². The predicted octanol–water partition coefficient (Wildman–Crippen LogP) is 0.610. The van der Waals surface area contributed by atoms with Crippen molar-refractivity contribution < 1.29 is 14.6 Å². The normalized spacial score (nSPS) is 21.2. The molecule has 26 heavy (non-hydrogen) atoms. The van der Waals surface area contributed by atoms with Crippen molar-refractivity contribution in [2.45, 2.75) is 19.5 Å². The molecule has 0 bridgehead atoms. The molecule has 1 amide bonds. The van der Waals surface area contributed by atoms with E-state index in [4.69, 9.17) is 0 Å². The largest absolute Gasteiger partial charge is 0.345 e. The minimum Gasteiger partial charge on any atom is -0.345 e. The highest BCUT2D eigenvalue weighted by molar-refractivity contribution is 9.10. The molecule has 0 unspecified atom stereocenters. The zero-order valence-corrected chi connectivity index (χ0v) is 16.9. The second-order valence-corrected chi connectivity index (χ2v) is 8.10. The molecule has 0 saturated carbocycles. The van der Waals surface area contributed by atoms with Crippen LogP contribution in [0.3, 0.4) is 0 Å². The first-order valence-electron chi connectivity index (χ1n) is 9.36. The SMILES string of the molecule is C[C@H](NC(=O)C[NH+]1CC[NH+](Cc2ccccc2)CC1)c1ccc(Br)cc1. The molecule has 1 aliphatic heterocycles. The number of hydrogen-bond donors (Lipinski definition) is 3. The van der Waals surface area contributed by atoms with Gasteiger partial charge < -0.3 is 15.1 Å². The molecular formula is C21H28BrN3O+2. The van der Waals surface area contributed by atoms with Gasteiger partial charge in [0.15, 0.2) is 6.54 Å². The van der Waals surface area contributed by atoms with Gasteiger partial charge in [-0.2, -0.15) is 0 Å². The second kappa shape index (κ2) is 9.31. The molecule has 138 valence electrons. The minimum absolute atomic E-state index is 0.0417. The molecule has 1 fully saturated rings. The van der Waals surface area contributed by atoms with Crippen molar-refractivity contribution >= 4 is 21.8 Å². The van der Waals surface area contributed by atoms with E-state index in [1.807, 2.05) is 31.2 Å². The van der Waals surface area contributed by atoms with Gasteiger partial charge in [-0.3, -0.25) is 4.79 Å². The van der Waals surface area contributed by atoms with Crippen molar-refractivity contribution in [1.82, 2.24) is 5.32 Å². The third-order valence-electron chi connectivity index (χ3n) is 5.12. The maximum absolute atomic E-state index is 12.4. The highest BCUT2D eigenvalue weighted by Gasteiger charge is 2.25. The standard InChI is InChI=1S/C21H26BrN3O/c1-17(19-7-9-20(22)10-8-19)23-21(26)16-25-13-11-24(12-14-25)15-18-5-3-2-4-6-18/h2-10,17H,11-16H2,1H3,(H,23,26)/p+2/t17-/m0/s1. The van der Waals surface area contributed by atoms with Gasteiger partial charge in [0.1, 0.15) is 32.7 Å². The number of amides is 1. The summed E-state index contributed by atoms with van der Waals surface area (Å²) in [6, 6.07) is 18.8. The van der Waals surface area contributed by atoms with Crippen LogP contribution < -0.4 is 15.1 Å². The Hall–Kier alpha value is -1.69. The van der Waals surface area contributed by atoms with Crippen LogP contribution in [0.1, 0.15) is 24.1 Å². The number of nitrogens with one attached hydrogen (secondary N) is 3. The summed E-state index contributed by atoms with van der Waals surface area (Å²) >= 11 is 3.44. The molecular weight excluding hydrogens is 390 g/mol. The second-order valence-electron chi connectivity index (χ2n) is 7.18. The van der Waals surface area contributed by atoms with Crippen LogP contribution in [0, 0.1) is 0 Å². The Morgan fingerprint density at radius 2 is 1.62 bits per heavy atom. The van der Waals surface area contributed by atoms with E-state index in [-0.39, 0.29) is 11.9 Å². The van der Waals surface area contributed by atoms with Crippen molar-refractivity contribution in [1.29, 1.82) is 0 Å². The molecule has 1 atom stereocenters. The van der Waals surface area contributed by atoms with Crippen molar-refractivity contribution in [2.24, 2.45) is 0 Å². The van der Waals surface area contributed by atoms with Crippen LogP contribution in [-0.4, -0.2) is 38.6 Å². The number of piperazine rings is 1. The average Bonchev–Trinajstić information content (AvgIpc) is 2.64. The van der Waals surface area contributed by atoms with E-state index in [9.17, 15) is 4.79 Å². The number of rotatable bonds is 6. The molecule has 4 nitrogen and oxygen atoms in total. The van der Waals surface area contributed by atoms with Crippen LogP contribution in [0.4, 0.5) is 0 Å². The molecule has 0 aromatic heterocycles. The number of halogens is 1. The van der Waals surface area contributed by atoms with E-state index in [0.717, 1.165) is 42.8 Å². The van der Waals surface area contributed by atoms with E-state index in [2.05, 4.69) is 51.6 Å². The van der Waals surface area contributed by atoms with Gasteiger partial charge in [0.2, 0.25) is 0 Å². The van der Waals surface area contributed by atoms with Crippen molar-refractivity contribution in [3.8, 4) is 0 Å². The molecule has 1 saturated heterocycles. The van der Waals surface area contributed by atoms with Crippen LogP contribution in [0.2, 0.25) is 0 Å². The van der Waals surface area contributed by atoms with Gasteiger partial charge in [-0.25, -0.2) is 0 Å². The van der Waals surface area contributed by atoms with E-state index in [1.54, 1.807) is 4.90 Å². The molecule has 1 aliphatic rings.